The number of piperidine rings is 1. The quantitative estimate of drug-likeness (QED) is 0.812. The largest absolute Gasteiger partial charge is 0.396 e. The van der Waals surface area contributed by atoms with E-state index in [9.17, 15) is 4.79 Å². The predicted octanol–water partition coefficient (Wildman–Crippen LogP) is 2.02. The number of nitrogens with one attached hydrogen (secondary N) is 1. The summed E-state index contributed by atoms with van der Waals surface area (Å²) in [5.41, 5.74) is 0.0667. The summed E-state index contributed by atoms with van der Waals surface area (Å²) in [6.45, 7) is 12.4. The van der Waals surface area contributed by atoms with Gasteiger partial charge in [0.25, 0.3) is 0 Å². The van der Waals surface area contributed by atoms with Gasteiger partial charge in [0.2, 0.25) is 5.91 Å². The lowest BCUT2D eigenvalue weighted by Gasteiger charge is -2.36. The maximum absolute atomic E-state index is 12.2. The van der Waals surface area contributed by atoms with Crippen molar-refractivity contribution in [2.75, 3.05) is 19.7 Å². The topological polar surface area (TPSA) is 52.6 Å². The molecule has 1 rings (SSSR count). The van der Waals surface area contributed by atoms with E-state index in [0.717, 1.165) is 25.9 Å². The first kappa shape index (κ1) is 17.4. The summed E-state index contributed by atoms with van der Waals surface area (Å²) in [6.07, 6.45) is 2.65. The molecule has 2 unspecified atom stereocenters. The monoisotopic (exact) mass is 284 g/mol. The Morgan fingerprint density at radius 1 is 1.30 bits per heavy atom. The Morgan fingerprint density at radius 3 is 2.30 bits per heavy atom. The smallest absolute Gasteiger partial charge is 0.223 e. The number of carbonyl (C=O) groups is 1. The normalized spacial score (nSPS) is 20.8. The van der Waals surface area contributed by atoms with Crippen LogP contribution in [0.15, 0.2) is 0 Å². The molecule has 20 heavy (non-hydrogen) atoms. The standard InChI is InChI=1S/C16H32N2O2/c1-12(11-19)13(2)17-14-6-8-18(9-7-14)15(20)10-16(3,4)5/h12-14,17,19H,6-11H2,1-5H3. The molecule has 2 atom stereocenters. The van der Waals surface area contributed by atoms with Gasteiger partial charge in [-0.05, 0) is 31.1 Å². The number of aliphatic hydroxyl groups excluding tert-OH is 1. The summed E-state index contributed by atoms with van der Waals surface area (Å²) >= 11 is 0. The third-order valence-electron chi connectivity index (χ3n) is 4.17. The van der Waals surface area contributed by atoms with Gasteiger partial charge in [-0.25, -0.2) is 0 Å². The van der Waals surface area contributed by atoms with Gasteiger partial charge in [0.05, 0.1) is 0 Å². The Labute approximate surface area is 123 Å². The third-order valence-corrected chi connectivity index (χ3v) is 4.17. The second-order valence-electron chi connectivity index (χ2n) is 7.51. The SMILES string of the molecule is CC(CO)C(C)NC1CCN(C(=O)CC(C)(C)C)CC1. The van der Waals surface area contributed by atoms with E-state index >= 15 is 0 Å². The van der Waals surface area contributed by atoms with E-state index in [1.807, 2.05) is 4.90 Å². The van der Waals surface area contributed by atoms with E-state index in [1.165, 1.54) is 0 Å². The molecule has 0 radical (unpaired) electrons. The molecule has 1 heterocycles. The van der Waals surface area contributed by atoms with Crippen molar-refractivity contribution < 1.29 is 9.90 Å². The second-order valence-corrected chi connectivity index (χ2v) is 7.51. The van der Waals surface area contributed by atoms with Crippen LogP contribution >= 0.6 is 0 Å². The molecule has 1 aliphatic heterocycles. The van der Waals surface area contributed by atoms with Gasteiger partial charge in [0, 0.05) is 38.2 Å². The molecule has 0 aromatic carbocycles. The molecule has 0 bridgehead atoms. The van der Waals surface area contributed by atoms with Crippen LogP contribution in [0.25, 0.3) is 0 Å². The maximum atomic E-state index is 12.2. The van der Waals surface area contributed by atoms with Crippen LogP contribution in [0.5, 0.6) is 0 Å². The lowest BCUT2D eigenvalue weighted by molar-refractivity contribution is -0.134. The Bertz CT molecular complexity index is 304. The van der Waals surface area contributed by atoms with Crippen LogP contribution in [0.4, 0.5) is 0 Å². The Morgan fingerprint density at radius 2 is 1.85 bits per heavy atom. The van der Waals surface area contributed by atoms with Crippen molar-refractivity contribution in [1.82, 2.24) is 10.2 Å². The van der Waals surface area contributed by atoms with Crippen LogP contribution in [0.2, 0.25) is 0 Å². The molecule has 0 aliphatic carbocycles. The van der Waals surface area contributed by atoms with Crippen LogP contribution in [0, 0.1) is 11.3 Å². The van der Waals surface area contributed by atoms with Gasteiger partial charge in [-0.3, -0.25) is 4.79 Å². The number of likely N-dealkylation sites (tertiary alicyclic amines) is 1. The summed E-state index contributed by atoms with van der Waals surface area (Å²) < 4.78 is 0. The predicted molar refractivity (Wildman–Crippen MR) is 82.5 cm³/mol. The molecule has 0 aromatic heterocycles. The molecule has 0 saturated carbocycles. The van der Waals surface area contributed by atoms with Crippen molar-refractivity contribution >= 4 is 5.91 Å². The van der Waals surface area contributed by atoms with Gasteiger partial charge < -0.3 is 15.3 Å². The minimum Gasteiger partial charge on any atom is -0.396 e. The zero-order valence-electron chi connectivity index (χ0n) is 13.8. The first-order valence-corrected chi connectivity index (χ1v) is 7.87. The first-order chi connectivity index (χ1) is 9.23. The van der Waals surface area contributed by atoms with Crippen LogP contribution in [-0.4, -0.2) is 47.7 Å². The fourth-order valence-electron chi connectivity index (χ4n) is 2.56. The third kappa shape index (κ3) is 5.80. The zero-order valence-corrected chi connectivity index (χ0v) is 13.8. The van der Waals surface area contributed by atoms with Crippen molar-refractivity contribution in [3.05, 3.63) is 0 Å². The Kier molecular flexibility index (Phi) is 6.46. The van der Waals surface area contributed by atoms with Crippen molar-refractivity contribution in [2.45, 2.75) is 66.0 Å². The molecular formula is C16H32N2O2. The van der Waals surface area contributed by atoms with Crippen molar-refractivity contribution in [2.24, 2.45) is 11.3 Å². The van der Waals surface area contributed by atoms with Gasteiger partial charge in [-0.15, -0.1) is 0 Å². The molecule has 1 saturated heterocycles. The lowest BCUT2D eigenvalue weighted by Crippen LogP contribution is -2.49. The zero-order chi connectivity index (χ0) is 15.3. The summed E-state index contributed by atoms with van der Waals surface area (Å²) in [5.74, 6) is 0.559. The Hall–Kier alpha value is -0.610. The minimum absolute atomic E-state index is 0.0667. The van der Waals surface area contributed by atoms with E-state index in [4.69, 9.17) is 5.11 Å². The van der Waals surface area contributed by atoms with Gasteiger partial charge >= 0.3 is 0 Å². The highest BCUT2D eigenvalue weighted by Crippen LogP contribution is 2.22. The van der Waals surface area contributed by atoms with Crippen molar-refractivity contribution in [3.63, 3.8) is 0 Å². The number of carbonyl (C=O) groups excluding carboxylic acids is 1. The highest BCUT2D eigenvalue weighted by atomic mass is 16.3. The highest BCUT2D eigenvalue weighted by Gasteiger charge is 2.26. The molecule has 2 N–H and O–H groups in total. The van der Waals surface area contributed by atoms with E-state index < -0.39 is 0 Å². The van der Waals surface area contributed by atoms with E-state index in [1.54, 1.807) is 0 Å². The fourth-order valence-corrected chi connectivity index (χ4v) is 2.56. The number of nitrogens with zero attached hydrogens (tertiary/aromatic N) is 1. The van der Waals surface area contributed by atoms with E-state index in [0.29, 0.717) is 18.5 Å². The van der Waals surface area contributed by atoms with Crippen LogP contribution < -0.4 is 5.32 Å². The minimum atomic E-state index is 0.0667. The maximum Gasteiger partial charge on any atom is 0.223 e. The summed E-state index contributed by atoms with van der Waals surface area (Å²) in [7, 11) is 0. The lowest BCUT2D eigenvalue weighted by atomic mass is 9.91. The molecule has 1 amide bonds. The molecule has 1 fully saturated rings. The number of rotatable bonds is 5. The van der Waals surface area contributed by atoms with Gasteiger partial charge in [-0.1, -0.05) is 27.7 Å². The van der Waals surface area contributed by atoms with E-state index in [2.05, 4.69) is 39.9 Å². The van der Waals surface area contributed by atoms with Crippen LogP contribution in [0.3, 0.4) is 0 Å². The van der Waals surface area contributed by atoms with Gasteiger partial charge in [-0.2, -0.15) is 0 Å². The first-order valence-electron chi connectivity index (χ1n) is 7.87. The van der Waals surface area contributed by atoms with Crippen LogP contribution in [0.1, 0.15) is 53.9 Å². The highest BCUT2D eigenvalue weighted by molar-refractivity contribution is 5.76. The number of hydrogen-bond donors (Lipinski definition) is 2. The van der Waals surface area contributed by atoms with Crippen LogP contribution in [-0.2, 0) is 4.79 Å². The number of amides is 1. The average molecular weight is 284 g/mol. The van der Waals surface area contributed by atoms with Crippen molar-refractivity contribution in [1.29, 1.82) is 0 Å². The molecule has 4 nitrogen and oxygen atoms in total. The molecule has 1 aliphatic rings. The second kappa shape index (κ2) is 7.41. The summed E-state index contributed by atoms with van der Waals surface area (Å²) in [4.78, 5) is 14.2. The van der Waals surface area contributed by atoms with E-state index in [-0.39, 0.29) is 23.8 Å². The van der Waals surface area contributed by atoms with Gasteiger partial charge in [0.1, 0.15) is 0 Å². The molecule has 118 valence electrons. The summed E-state index contributed by atoms with van der Waals surface area (Å²) in [5, 5.41) is 12.7. The van der Waals surface area contributed by atoms with Crippen molar-refractivity contribution in [3.8, 4) is 0 Å². The molecule has 0 spiro atoms. The Balaban J connectivity index is 2.35. The number of aliphatic hydroxyl groups is 1. The summed E-state index contributed by atoms with van der Waals surface area (Å²) in [6, 6.07) is 0.791. The molecule has 0 aromatic rings. The fraction of sp³-hybridized carbons (Fsp3) is 0.938. The molecule has 4 heteroatoms. The van der Waals surface area contributed by atoms with Gasteiger partial charge in [0.15, 0.2) is 0 Å². The average Bonchev–Trinajstić information content (AvgIpc) is 2.36. The number of hydrogen-bond acceptors (Lipinski definition) is 3. The molecular weight excluding hydrogens is 252 g/mol.